The normalized spacial score (nSPS) is 18.2. The number of aliphatic carboxylic acids is 1. The molecule has 2 saturated carbocycles. The fourth-order valence-corrected chi connectivity index (χ4v) is 4.35. The van der Waals surface area contributed by atoms with Gasteiger partial charge >= 0.3 is 5.97 Å². The van der Waals surface area contributed by atoms with Crippen molar-refractivity contribution in [2.75, 3.05) is 0 Å². The van der Waals surface area contributed by atoms with Crippen LogP contribution in [-0.4, -0.2) is 31.9 Å². The summed E-state index contributed by atoms with van der Waals surface area (Å²) in [6, 6.07) is 8.91. The first-order valence-corrected chi connectivity index (χ1v) is 9.99. The molecule has 2 aliphatic rings. The van der Waals surface area contributed by atoms with Crippen LogP contribution >= 0.6 is 0 Å². The first kappa shape index (κ1) is 17.8. The fraction of sp³-hybridized carbons (Fsp3) is 0.364. The lowest BCUT2D eigenvalue weighted by atomic mass is 9.97. The Morgan fingerprint density at radius 2 is 1.93 bits per heavy atom. The van der Waals surface area contributed by atoms with Gasteiger partial charge in [-0.05, 0) is 61.4 Å². The van der Waals surface area contributed by atoms with Crippen molar-refractivity contribution in [3.05, 3.63) is 58.0 Å². The summed E-state index contributed by atoms with van der Waals surface area (Å²) in [6.45, 7) is 0. The Balaban J connectivity index is 1.62. The van der Waals surface area contributed by atoms with Gasteiger partial charge in [-0.15, -0.1) is 0 Å². The zero-order valence-corrected chi connectivity index (χ0v) is 15.9. The molecule has 148 valence electrons. The van der Waals surface area contributed by atoms with Gasteiger partial charge in [0, 0.05) is 6.20 Å². The van der Waals surface area contributed by atoms with E-state index in [2.05, 4.69) is 10.3 Å². The lowest BCUT2D eigenvalue weighted by Gasteiger charge is -2.25. The van der Waals surface area contributed by atoms with E-state index >= 15 is 0 Å². The minimum absolute atomic E-state index is 0.199. The van der Waals surface area contributed by atoms with Gasteiger partial charge in [0.2, 0.25) is 0 Å². The van der Waals surface area contributed by atoms with Crippen molar-refractivity contribution < 1.29 is 14.7 Å². The van der Waals surface area contributed by atoms with Gasteiger partial charge in [-0.2, -0.15) is 0 Å². The van der Waals surface area contributed by atoms with E-state index in [1.807, 2.05) is 18.2 Å². The van der Waals surface area contributed by atoms with Crippen LogP contribution in [0.3, 0.4) is 0 Å². The summed E-state index contributed by atoms with van der Waals surface area (Å²) in [5.41, 5.74) is 0.644. The molecule has 2 fully saturated rings. The summed E-state index contributed by atoms with van der Waals surface area (Å²) in [4.78, 5) is 42.4. The van der Waals surface area contributed by atoms with E-state index in [1.165, 1.54) is 4.40 Å². The van der Waals surface area contributed by atoms with Crippen molar-refractivity contribution in [2.24, 2.45) is 0 Å². The number of aromatic nitrogens is 2. The molecule has 29 heavy (non-hydrogen) atoms. The molecule has 0 saturated heterocycles. The molecule has 5 rings (SSSR count). The van der Waals surface area contributed by atoms with Crippen molar-refractivity contribution in [2.45, 2.75) is 50.0 Å². The predicted octanol–water partition coefficient (Wildman–Crippen LogP) is 2.85. The fourth-order valence-electron chi connectivity index (χ4n) is 4.35. The second kappa shape index (κ2) is 6.40. The Morgan fingerprint density at radius 3 is 2.62 bits per heavy atom. The van der Waals surface area contributed by atoms with Crippen LogP contribution < -0.4 is 10.9 Å². The highest BCUT2D eigenvalue weighted by Gasteiger charge is 2.43. The number of hydrogen-bond donors (Lipinski definition) is 2. The summed E-state index contributed by atoms with van der Waals surface area (Å²) in [5.74, 6) is -1.02. The standard InChI is InChI=1S/C22H21N3O4/c26-19(24-22(21(28)29)9-1-2-10-22)15-4-3-11-25-18(15)23-17-8-7-14(13-5-6-13)12-16(17)20(25)27/h3-4,7-8,11-13H,1-2,5-6,9-10H2,(H,24,26)(H,28,29). The summed E-state index contributed by atoms with van der Waals surface area (Å²) in [7, 11) is 0. The summed E-state index contributed by atoms with van der Waals surface area (Å²) in [6.07, 6.45) is 6.19. The molecule has 0 unspecified atom stereocenters. The van der Waals surface area contributed by atoms with Crippen molar-refractivity contribution >= 4 is 28.4 Å². The van der Waals surface area contributed by atoms with Gasteiger partial charge in [0.15, 0.2) is 5.65 Å². The minimum atomic E-state index is -1.25. The summed E-state index contributed by atoms with van der Waals surface area (Å²) < 4.78 is 1.37. The number of rotatable bonds is 4. The molecule has 2 aliphatic carbocycles. The van der Waals surface area contributed by atoms with E-state index in [0.717, 1.165) is 31.2 Å². The largest absolute Gasteiger partial charge is 0.480 e. The van der Waals surface area contributed by atoms with Crippen molar-refractivity contribution in [1.82, 2.24) is 14.7 Å². The highest BCUT2D eigenvalue weighted by Crippen LogP contribution is 2.40. The third-order valence-corrected chi connectivity index (χ3v) is 6.18. The summed E-state index contributed by atoms with van der Waals surface area (Å²) in [5, 5.41) is 12.9. The van der Waals surface area contributed by atoms with E-state index in [0.29, 0.717) is 29.7 Å². The number of amides is 1. The molecule has 1 amide bonds. The molecule has 0 radical (unpaired) electrons. The van der Waals surface area contributed by atoms with Gasteiger partial charge in [-0.3, -0.25) is 14.0 Å². The number of fused-ring (bicyclic) bond motifs is 2. The molecule has 1 aromatic carbocycles. The first-order chi connectivity index (χ1) is 14.0. The minimum Gasteiger partial charge on any atom is -0.480 e. The Kier molecular flexibility index (Phi) is 3.94. The molecule has 0 bridgehead atoms. The Labute approximate surface area is 166 Å². The van der Waals surface area contributed by atoms with E-state index in [1.54, 1.807) is 18.3 Å². The molecule has 7 nitrogen and oxygen atoms in total. The van der Waals surface area contributed by atoms with Gasteiger partial charge in [-0.25, -0.2) is 9.78 Å². The second-order valence-electron chi connectivity index (χ2n) is 8.13. The van der Waals surface area contributed by atoms with Crippen molar-refractivity contribution in [3.63, 3.8) is 0 Å². The average molecular weight is 391 g/mol. The van der Waals surface area contributed by atoms with Crippen LogP contribution in [0.4, 0.5) is 0 Å². The third kappa shape index (κ3) is 2.88. The number of carbonyl (C=O) groups excluding carboxylic acids is 1. The van der Waals surface area contributed by atoms with Crippen molar-refractivity contribution in [1.29, 1.82) is 0 Å². The number of carbonyl (C=O) groups is 2. The molecule has 0 aliphatic heterocycles. The third-order valence-electron chi connectivity index (χ3n) is 6.18. The van der Waals surface area contributed by atoms with Crippen LogP contribution in [0.15, 0.2) is 41.3 Å². The molecule has 0 atom stereocenters. The van der Waals surface area contributed by atoms with Crippen LogP contribution in [0, 0.1) is 0 Å². The monoisotopic (exact) mass is 391 g/mol. The number of nitrogens with one attached hydrogen (secondary N) is 1. The van der Waals surface area contributed by atoms with Crippen molar-refractivity contribution in [3.8, 4) is 0 Å². The molecular formula is C22H21N3O4. The van der Waals surface area contributed by atoms with Gasteiger partial charge < -0.3 is 10.4 Å². The maximum Gasteiger partial charge on any atom is 0.329 e. The SMILES string of the molecule is O=C(NC1(C(=O)O)CCCC1)c1cccn2c(=O)c3cc(C4CC4)ccc3nc12. The smallest absolute Gasteiger partial charge is 0.329 e. The van der Waals surface area contributed by atoms with E-state index in [9.17, 15) is 19.5 Å². The first-order valence-electron chi connectivity index (χ1n) is 9.99. The zero-order valence-electron chi connectivity index (χ0n) is 15.9. The number of pyridine rings is 1. The highest BCUT2D eigenvalue weighted by atomic mass is 16.4. The number of benzene rings is 1. The van der Waals surface area contributed by atoms with E-state index in [-0.39, 0.29) is 16.8 Å². The highest BCUT2D eigenvalue weighted by molar-refractivity contribution is 6.03. The molecule has 2 aromatic heterocycles. The molecule has 2 N–H and O–H groups in total. The quantitative estimate of drug-likeness (QED) is 0.666. The van der Waals surface area contributed by atoms with E-state index in [4.69, 9.17) is 0 Å². The molecular weight excluding hydrogens is 370 g/mol. The number of carboxylic acid groups (broad SMARTS) is 1. The second-order valence-corrected chi connectivity index (χ2v) is 8.13. The van der Waals surface area contributed by atoms with Gasteiger partial charge in [0.1, 0.15) is 5.54 Å². The van der Waals surface area contributed by atoms with E-state index < -0.39 is 17.4 Å². The Morgan fingerprint density at radius 1 is 1.17 bits per heavy atom. The van der Waals surface area contributed by atoms with Crippen LogP contribution in [0.1, 0.15) is 60.4 Å². The lowest BCUT2D eigenvalue weighted by molar-refractivity contribution is -0.144. The van der Waals surface area contributed by atoms with Crippen LogP contribution in [0.2, 0.25) is 0 Å². The van der Waals surface area contributed by atoms with Crippen LogP contribution in [-0.2, 0) is 4.79 Å². The van der Waals surface area contributed by atoms with Crippen LogP contribution in [0.5, 0.6) is 0 Å². The molecule has 0 spiro atoms. The summed E-state index contributed by atoms with van der Waals surface area (Å²) >= 11 is 0. The molecule has 3 aromatic rings. The van der Waals surface area contributed by atoms with Crippen LogP contribution in [0.25, 0.3) is 16.6 Å². The lowest BCUT2D eigenvalue weighted by Crippen LogP contribution is -2.52. The van der Waals surface area contributed by atoms with Gasteiger partial charge in [-0.1, -0.05) is 18.9 Å². The zero-order chi connectivity index (χ0) is 20.2. The molecule has 2 heterocycles. The Bertz CT molecular complexity index is 1220. The molecule has 7 heteroatoms. The number of nitrogens with zero attached hydrogens (tertiary/aromatic N) is 2. The number of hydrogen-bond acceptors (Lipinski definition) is 4. The van der Waals surface area contributed by atoms with Gasteiger partial charge in [0.05, 0.1) is 16.5 Å². The Hall–Kier alpha value is -3.22. The topological polar surface area (TPSA) is 101 Å². The average Bonchev–Trinajstić information content (AvgIpc) is 3.46. The number of carboxylic acids is 1. The van der Waals surface area contributed by atoms with Gasteiger partial charge in [0.25, 0.3) is 11.5 Å². The maximum absolute atomic E-state index is 13.1. The predicted molar refractivity (Wildman–Crippen MR) is 107 cm³/mol. The maximum atomic E-state index is 13.1.